The van der Waals surface area contributed by atoms with E-state index in [1.807, 2.05) is 22.9 Å². The lowest BCUT2D eigenvalue weighted by molar-refractivity contribution is 0.242. The summed E-state index contributed by atoms with van der Waals surface area (Å²) in [6, 6.07) is 11.5. The van der Waals surface area contributed by atoms with Crippen LogP contribution in [0.2, 0.25) is 0 Å². The molecule has 2 aromatic heterocycles. The van der Waals surface area contributed by atoms with E-state index in [1.54, 1.807) is 12.1 Å². The lowest BCUT2D eigenvalue weighted by atomic mass is 10.2. The van der Waals surface area contributed by atoms with Crippen molar-refractivity contribution in [2.45, 2.75) is 26.5 Å². The summed E-state index contributed by atoms with van der Waals surface area (Å²) >= 11 is 0. The number of hydrogen-bond acceptors (Lipinski definition) is 6. The molecule has 0 atom stereocenters. The predicted octanol–water partition coefficient (Wildman–Crippen LogP) is 3.61. The number of rotatable bonds is 6. The summed E-state index contributed by atoms with van der Waals surface area (Å²) < 4.78 is 25.5. The molecule has 0 amide bonds. The van der Waals surface area contributed by atoms with Gasteiger partial charge in [0.1, 0.15) is 17.1 Å². The maximum atomic E-state index is 12.9. The molecule has 0 spiro atoms. The minimum Gasteiger partial charge on any atom is -0.484 e. The van der Waals surface area contributed by atoms with Crippen LogP contribution in [0.15, 0.2) is 47.0 Å². The van der Waals surface area contributed by atoms with Gasteiger partial charge >= 0.3 is 0 Å². The average molecular weight is 353 g/mol. The Labute approximate surface area is 148 Å². The van der Waals surface area contributed by atoms with Crippen LogP contribution in [0, 0.1) is 5.82 Å². The summed E-state index contributed by atoms with van der Waals surface area (Å²) in [5.41, 5.74) is 2.54. The summed E-state index contributed by atoms with van der Waals surface area (Å²) in [4.78, 5) is 4.33. The number of ether oxygens (including phenoxy) is 1. The standard InChI is InChI=1S/C18H16FN5O2/c1-2-9-24-16-8-3-12(10-15(16)21-23-24)18-20-17(26-22-18)11-25-14-6-4-13(19)5-7-14/h3-8,10H,2,9,11H2,1H3. The van der Waals surface area contributed by atoms with Gasteiger partial charge in [-0.15, -0.1) is 5.10 Å². The van der Waals surface area contributed by atoms with Crippen molar-refractivity contribution < 1.29 is 13.7 Å². The van der Waals surface area contributed by atoms with Crippen LogP contribution < -0.4 is 4.74 Å². The third-order valence-corrected chi connectivity index (χ3v) is 3.85. The van der Waals surface area contributed by atoms with Gasteiger partial charge in [0.2, 0.25) is 5.82 Å². The Hall–Kier alpha value is -3.29. The highest BCUT2D eigenvalue weighted by Crippen LogP contribution is 2.22. The molecule has 4 rings (SSSR count). The van der Waals surface area contributed by atoms with Crippen LogP contribution in [0.3, 0.4) is 0 Å². The van der Waals surface area contributed by atoms with Crippen molar-refractivity contribution in [3.8, 4) is 17.1 Å². The Morgan fingerprint density at radius 3 is 2.81 bits per heavy atom. The SMILES string of the molecule is CCCn1nnc2cc(-c3noc(COc4ccc(F)cc4)n3)ccc21. The van der Waals surface area contributed by atoms with Crippen molar-refractivity contribution in [3.63, 3.8) is 0 Å². The largest absolute Gasteiger partial charge is 0.484 e. The fraction of sp³-hybridized carbons (Fsp3) is 0.222. The van der Waals surface area contributed by atoms with Gasteiger partial charge < -0.3 is 9.26 Å². The van der Waals surface area contributed by atoms with Crippen LogP contribution in [0.25, 0.3) is 22.4 Å². The number of aromatic nitrogens is 5. The Morgan fingerprint density at radius 1 is 1.15 bits per heavy atom. The van der Waals surface area contributed by atoms with Crippen molar-refractivity contribution >= 4 is 11.0 Å². The van der Waals surface area contributed by atoms with Crippen LogP contribution in [-0.2, 0) is 13.2 Å². The minimum absolute atomic E-state index is 0.105. The number of halogens is 1. The molecule has 0 saturated carbocycles. The molecule has 8 heteroatoms. The minimum atomic E-state index is -0.316. The Bertz CT molecular complexity index is 1030. The van der Waals surface area contributed by atoms with E-state index in [0.29, 0.717) is 17.5 Å². The molecule has 0 bridgehead atoms. The van der Waals surface area contributed by atoms with Gasteiger partial charge in [0.05, 0.1) is 5.52 Å². The molecule has 0 aliphatic rings. The second-order valence-electron chi connectivity index (χ2n) is 5.77. The van der Waals surface area contributed by atoms with E-state index >= 15 is 0 Å². The zero-order chi connectivity index (χ0) is 17.9. The predicted molar refractivity (Wildman–Crippen MR) is 91.8 cm³/mol. The summed E-state index contributed by atoms with van der Waals surface area (Å²) in [7, 11) is 0. The number of fused-ring (bicyclic) bond motifs is 1. The summed E-state index contributed by atoms with van der Waals surface area (Å²) in [6.45, 7) is 3.02. The molecular weight excluding hydrogens is 337 g/mol. The first-order valence-corrected chi connectivity index (χ1v) is 8.27. The molecule has 0 aliphatic carbocycles. The first-order chi connectivity index (χ1) is 12.7. The molecule has 132 valence electrons. The van der Waals surface area contributed by atoms with Crippen molar-refractivity contribution in [1.82, 2.24) is 25.1 Å². The van der Waals surface area contributed by atoms with Crippen LogP contribution in [0.1, 0.15) is 19.2 Å². The molecule has 0 aliphatic heterocycles. The van der Waals surface area contributed by atoms with Crippen LogP contribution in [-0.4, -0.2) is 25.1 Å². The van der Waals surface area contributed by atoms with Crippen molar-refractivity contribution in [2.24, 2.45) is 0 Å². The number of aryl methyl sites for hydroxylation is 1. The highest BCUT2D eigenvalue weighted by Gasteiger charge is 2.12. The van der Waals surface area contributed by atoms with Gasteiger partial charge in [0.15, 0.2) is 6.61 Å². The van der Waals surface area contributed by atoms with Crippen LogP contribution in [0.5, 0.6) is 5.75 Å². The van der Waals surface area contributed by atoms with Gasteiger partial charge in [0.25, 0.3) is 5.89 Å². The highest BCUT2D eigenvalue weighted by molar-refractivity contribution is 5.79. The Balaban J connectivity index is 1.50. The zero-order valence-corrected chi connectivity index (χ0v) is 14.1. The van der Waals surface area contributed by atoms with E-state index in [2.05, 4.69) is 27.4 Å². The van der Waals surface area contributed by atoms with Gasteiger partial charge in [0, 0.05) is 12.1 Å². The molecule has 2 aromatic carbocycles. The molecule has 0 fully saturated rings. The lowest BCUT2D eigenvalue weighted by Gasteiger charge is -2.01. The second kappa shape index (κ2) is 6.91. The highest BCUT2D eigenvalue weighted by atomic mass is 19.1. The molecule has 0 N–H and O–H groups in total. The Kier molecular flexibility index (Phi) is 4.30. The lowest BCUT2D eigenvalue weighted by Crippen LogP contribution is -1.98. The molecule has 0 unspecified atom stereocenters. The van der Waals surface area contributed by atoms with Gasteiger partial charge in [-0.25, -0.2) is 9.07 Å². The van der Waals surface area contributed by atoms with E-state index in [9.17, 15) is 4.39 Å². The molecular formula is C18H16FN5O2. The van der Waals surface area contributed by atoms with E-state index < -0.39 is 0 Å². The van der Waals surface area contributed by atoms with Gasteiger partial charge in [-0.05, 0) is 48.9 Å². The van der Waals surface area contributed by atoms with E-state index in [4.69, 9.17) is 9.26 Å². The first kappa shape index (κ1) is 16.2. The smallest absolute Gasteiger partial charge is 0.264 e. The van der Waals surface area contributed by atoms with Crippen molar-refractivity contribution in [1.29, 1.82) is 0 Å². The third-order valence-electron chi connectivity index (χ3n) is 3.85. The van der Waals surface area contributed by atoms with Gasteiger partial charge in [-0.2, -0.15) is 4.98 Å². The summed E-state index contributed by atoms with van der Waals surface area (Å²) in [5, 5.41) is 12.3. The van der Waals surface area contributed by atoms with E-state index in [1.165, 1.54) is 12.1 Å². The molecule has 4 aromatic rings. The third kappa shape index (κ3) is 3.26. The number of nitrogens with zero attached hydrogens (tertiary/aromatic N) is 5. The molecule has 7 nitrogen and oxygen atoms in total. The first-order valence-electron chi connectivity index (χ1n) is 8.27. The Morgan fingerprint density at radius 2 is 2.00 bits per heavy atom. The zero-order valence-electron chi connectivity index (χ0n) is 14.1. The molecule has 0 radical (unpaired) electrons. The van der Waals surface area contributed by atoms with Gasteiger partial charge in [-0.3, -0.25) is 0 Å². The summed E-state index contributed by atoms with van der Waals surface area (Å²) in [6.07, 6.45) is 0.989. The van der Waals surface area contributed by atoms with Gasteiger partial charge in [-0.1, -0.05) is 17.3 Å². The monoisotopic (exact) mass is 353 g/mol. The maximum Gasteiger partial charge on any atom is 0.264 e. The van der Waals surface area contributed by atoms with E-state index in [0.717, 1.165) is 29.6 Å². The van der Waals surface area contributed by atoms with Crippen LogP contribution >= 0.6 is 0 Å². The summed E-state index contributed by atoms with van der Waals surface area (Å²) in [5.74, 6) is 0.998. The van der Waals surface area contributed by atoms with E-state index in [-0.39, 0.29) is 12.4 Å². The van der Waals surface area contributed by atoms with Crippen LogP contribution in [0.4, 0.5) is 4.39 Å². The van der Waals surface area contributed by atoms with Crippen molar-refractivity contribution in [2.75, 3.05) is 0 Å². The normalized spacial score (nSPS) is 11.2. The second-order valence-corrected chi connectivity index (χ2v) is 5.77. The van der Waals surface area contributed by atoms with Crippen molar-refractivity contribution in [3.05, 3.63) is 54.2 Å². The average Bonchev–Trinajstić information content (AvgIpc) is 3.29. The fourth-order valence-electron chi connectivity index (χ4n) is 2.59. The maximum absolute atomic E-state index is 12.9. The number of benzene rings is 2. The quantitative estimate of drug-likeness (QED) is 0.527. The fourth-order valence-corrected chi connectivity index (χ4v) is 2.59. The molecule has 26 heavy (non-hydrogen) atoms. The molecule has 2 heterocycles. The topological polar surface area (TPSA) is 78.9 Å². The molecule has 0 saturated heterocycles. The number of hydrogen-bond donors (Lipinski definition) is 0.